The number of amides is 2. The maximum absolute atomic E-state index is 12.8. The molecule has 0 saturated carbocycles. The molecule has 0 bridgehead atoms. The quantitative estimate of drug-likeness (QED) is 0.644. The standard InChI is InChI=1S/C21H25F3N4O3/c1-5-16(14-6-7-18(25-10-14)31-11-21(22,23)24)27-20(30)15-8-13(4)26-17(9-15)28-19(29)12(2)3/h6-10,12,16H,5,11H2,1-4H3,(H,27,30)(H,26,28,29). The monoisotopic (exact) mass is 438 g/mol. The van der Waals surface area contributed by atoms with E-state index in [-0.39, 0.29) is 29.4 Å². The van der Waals surface area contributed by atoms with Crippen molar-refractivity contribution in [1.82, 2.24) is 15.3 Å². The molecule has 1 atom stereocenters. The minimum atomic E-state index is -4.45. The zero-order valence-electron chi connectivity index (χ0n) is 17.7. The van der Waals surface area contributed by atoms with Gasteiger partial charge in [0, 0.05) is 29.4 Å². The molecule has 2 N–H and O–H groups in total. The van der Waals surface area contributed by atoms with Gasteiger partial charge >= 0.3 is 6.18 Å². The Morgan fingerprint density at radius 3 is 2.45 bits per heavy atom. The Bertz CT molecular complexity index is 915. The lowest BCUT2D eigenvalue weighted by molar-refractivity contribution is -0.154. The van der Waals surface area contributed by atoms with Crippen LogP contribution in [0.2, 0.25) is 0 Å². The highest BCUT2D eigenvalue weighted by Gasteiger charge is 2.28. The van der Waals surface area contributed by atoms with Crippen molar-refractivity contribution in [2.75, 3.05) is 11.9 Å². The van der Waals surface area contributed by atoms with Gasteiger partial charge in [-0.25, -0.2) is 9.97 Å². The second-order valence-electron chi connectivity index (χ2n) is 7.29. The average molecular weight is 438 g/mol. The molecule has 0 radical (unpaired) electrons. The van der Waals surface area contributed by atoms with E-state index in [2.05, 4.69) is 25.3 Å². The number of carbonyl (C=O) groups is 2. The van der Waals surface area contributed by atoms with Gasteiger partial charge in [0.2, 0.25) is 11.8 Å². The van der Waals surface area contributed by atoms with Crippen LogP contribution in [0.3, 0.4) is 0 Å². The number of aryl methyl sites for hydroxylation is 1. The molecule has 0 fully saturated rings. The fourth-order valence-corrected chi connectivity index (χ4v) is 2.64. The first-order valence-electron chi connectivity index (χ1n) is 9.74. The second kappa shape index (κ2) is 10.2. The van der Waals surface area contributed by atoms with Crippen molar-refractivity contribution in [2.45, 2.75) is 46.3 Å². The molecular weight excluding hydrogens is 413 g/mol. The molecule has 168 valence electrons. The van der Waals surface area contributed by atoms with E-state index in [9.17, 15) is 22.8 Å². The first kappa shape index (κ1) is 24.1. The van der Waals surface area contributed by atoms with Gasteiger partial charge in [0.15, 0.2) is 6.61 Å². The Hall–Kier alpha value is -3.17. The van der Waals surface area contributed by atoms with Gasteiger partial charge in [-0.05, 0) is 31.0 Å². The zero-order valence-corrected chi connectivity index (χ0v) is 17.7. The van der Waals surface area contributed by atoms with E-state index >= 15 is 0 Å². The summed E-state index contributed by atoms with van der Waals surface area (Å²) in [5.41, 5.74) is 1.50. The van der Waals surface area contributed by atoms with Crippen LogP contribution < -0.4 is 15.4 Å². The van der Waals surface area contributed by atoms with Crippen molar-refractivity contribution in [3.8, 4) is 5.88 Å². The molecule has 10 heteroatoms. The lowest BCUT2D eigenvalue weighted by Gasteiger charge is -2.18. The van der Waals surface area contributed by atoms with E-state index < -0.39 is 18.8 Å². The number of hydrogen-bond acceptors (Lipinski definition) is 5. The van der Waals surface area contributed by atoms with Gasteiger partial charge < -0.3 is 15.4 Å². The topological polar surface area (TPSA) is 93.2 Å². The number of anilines is 1. The third-order valence-electron chi connectivity index (χ3n) is 4.25. The molecule has 2 heterocycles. The van der Waals surface area contributed by atoms with Crippen LogP contribution in [-0.4, -0.2) is 34.6 Å². The summed E-state index contributed by atoms with van der Waals surface area (Å²) >= 11 is 0. The first-order chi connectivity index (χ1) is 14.5. The SMILES string of the molecule is CCC(NC(=O)c1cc(C)nc(NC(=O)C(C)C)c1)c1ccc(OCC(F)(F)F)nc1. The summed E-state index contributed by atoms with van der Waals surface area (Å²) in [6.45, 7) is 5.63. The van der Waals surface area contributed by atoms with Gasteiger partial charge in [0.25, 0.3) is 5.91 Å². The molecule has 7 nitrogen and oxygen atoms in total. The van der Waals surface area contributed by atoms with Crippen LogP contribution in [0, 0.1) is 12.8 Å². The molecule has 2 aromatic heterocycles. The Morgan fingerprint density at radius 1 is 1.19 bits per heavy atom. The molecular formula is C21H25F3N4O3. The lowest BCUT2D eigenvalue weighted by Crippen LogP contribution is -2.28. The molecule has 31 heavy (non-hydrogen) atoms. The predicted octanol–water partition coefficient (Wildman–Crippen LogP) is 4.20. The minimum Gasteiger partial charge on any atom is -0.468 e. The third-order valence-corrected chi connectivity index (χ3v) is 4.25. The highest BCUT2D eigenvalue weighted by molar-refractivity contribution is 5.97. The Morgan fingerprint density at radius 2 is 1.90 bits per heavy atom. The summed E-state index contributed by atoms with van der Waals surface area (Å²) in [5.74, 6) is -0.702. The highest BCUT2D eigenvalue weighted by Crippen LogP contribution is 2.21. The number of ether oxygens (including phenoxy) is 1. The number of nitrogens with one attached hydrogen (secondary N) is 2. The first-order valence-corrected chi connectivity index (χ1v) is 9.74. The van der Waals surface area contributed by atoms with Crippen molar-refractivity contribution in [3.63, 3.8) is 0 Å². The molecule has 0 aliphatic carbocycles. The van der Waals surface area contributed by atoms with Crippen molar-refractivity contribution in [1.29, 1.82) is 0 Å². The Kier molecular flexibility index (Phi) is 7.95. The lowest BCUT2D eigenvalue weighted by atomic mass is 10.1. The number of rotatable bonds is 8. The molecule has 0 aliphatic rings. The number of nitrogens with zero attached hydrogens (tertiary/aromatic N) is 2. The van der Waals surface area contributed by atoms with Gasteiger partial charge in [-0.15, -0.1) is 0 Å². The van der Waals surface area contributed by atoms with Crippen LogP contribution in [0.25, 0.3) is 0 Å². The zero-order chi connectivity index (χ0) is 23.2. The van der Waals surface area contributed by atoms with Crippen LogP contribution in [-0.2, 0) is 4.79 Å². The van der Waals surface area contributed by atoms with E-state index in [4.69, 9.17) is 0 Å². The largest absolute Gasteiger partial charge is 0.468 e. The van der Waals surface area contributed by atoms with Crippen molar-refractivity contribution < 1.29 is 27.5 Å². The fourth-order valence-electron chi connectivity index (χ4n) is 2.64. The highest BCUT2D eigenvalue weighted by atomic mass is 19.4. The Labute approximate surface area is 178 Å². The molecule has 0 aliphatic heterocycles. The summed E-state index contributed by atoms with van der Waals surface area (Å²) < 4.78 is 41.3. The molecule has 1 unspecified atom stereocenters. The summed E-state index contributed by atoms with van der Waals surface area (Å²) in [4.78, 5) is 32.8. The number of hydrogen-bond donors (Lipinski definition) is 2. The summed E-state index contributed by atoms with van der Waals surface area (Å²) in [5, 5.41) is 5.54. The van der Waals surface area contributed by atoms with Gasteiger partial charge in [0.1, 0.15) is 5.82 Å². The van der Waals surface area contributed by atoms with Gasteiger partial charge in [-0.1, -0.05) is 26.8 Å². The summed E-state index contributed by atoms with van der Waals surface area (Å²) in [6.07, 6.45) is -2.56. The summed E-state index contributed by atoms with van der Waals surface area (Å²) in [7, 11) is 0. The molecule has 2 rings (SSSR count). The normalized spacial score (nSPS) is 12.4. The van der Waals surface area contributed by atoms with E-state index in [0.29, 0.717) is 23.2 Å². The van der Waals surface area contributed by atoms with Crippen LogP contribution in [0.15, 0.2) is 30.5 Å². The van der Waals surface area contributed by atoms with Gasteiger partial charge in [-0.2, -0.15) is 13.2 Å². The second-order valence-corrected chi connectivity index (χ2v) is 7.29. The van der Waals surface area contributed by atoms with Crippen LogP contribution in [0.5, 0.6) is 5.88 Å². The molecule has 0 saturated heterocycles. The number of carbonyl (C=O) groups excluding carboxylic acids is 2. The minimum absolute atomic E-state index is 0.155. The number of halogens is 3. The van der Waals surface area contributed by atoms with Crippen molar-refractivity contribution >= 4 is 17.6 Å². The Balaban J connectivity index is 2.10. The molecule has 0 spiro atoms. The summed E-state index contributed by atoms with van der Waals surface area (Å²) in [6, 6.07) is 5.55. The molecule has 0 aromatic carbocycles. The number of alkyl halides is 3. The predicted molar refractivity (Wildman–Crippen MR) is 109 cm³/mol. The molecule has 2 amide bonds. The van der Waals surface area contributed by atoms with Crippen molar-refractivity contribution in [3.05, 3.63) is 47.3 Å². The van der Waals surface area contributed by atoms with Gasteiger partial charge in [0.05, 0.1) is 6.04 Å². The van der Waals surface area contributed by atoms with E-state index in [1.54, 1.807) is 32.9 Å². The van der Waals surface area contributed by atoms with E-state index in [0.717, 1.165) is 0 Å². The number of pyridine rings is 2. The third kappa shape index (κ3) is 7.54. The smallest absolute Gasteiger partial charge is 0.422 e. The average Bonchev–Trinajstić information content (AvgIpc) is 2.69. The van der Waals surface area contributed by atoms with Crippen LogP contribution in [0.4, 0.5) is 19.0 Å². The van der Waals surface area contributed by atoms with Gasteiger partial charge in [-0.3, -0.25) is 9.59 Å². The maximum atomic E-state index is 12.8. The maximum Gasteiger partial charge on any atom is 0.422 e. The van der Waals surface area contributed by atoms with Crippen LogP contribution in [0.1, 0.15) is 54.8 Å². The van der Waals surface area contributed by atoms with E-state index in [1.165, 1.54) is 18.3 Å². The molecule has 2 aromatic rings. The fraction of sp³-hybridized carbons (Fsp3) is 0.429. The van der Waals surface area contributed by atoms with Crippen molar-refractivity contribution in [2.24, 2.45) is 5.92 Å². The van der Waals surface area contributed by atoms with Crippen LogP contribution >= 0.6 is 0 Å². The van der Waals surface area contributed by atoms with E-state index in [1.807, 2.05) is 6.92 Å². The number of aromatic nitrogens is 2.